The first-order valence-electron chi connectivity index (χ1n) is 10.0. The van der Waals surface area contributed by atoms with Gasteiger partial charge in [0.25, 0.3) is 0 Å². The number of rotatable bonds is 5. The molecule has 3 heterocycles. The predicted molar refractivity (Wildman–Crippen MR) is 110 cm³/mol. The van der Waals surface area contributed by atoms with Crippen molar-refractivity contribution in [1.29, 1.82) is 0 Å². The molecule has 1 saturated heterocycles. The number of nitrogens with zero attached hydrogens (tertiary/aromatic N) is 4. The SMILES string of the molecule is CCc1ccc(C2CNCCN2Cc2cnc3c(cnn3C(C)C)c2)cc1. The molecule has 1 atom stereocenters. The van der Waals surface area contributed by atoms with E-state index in [1.165, 1.54) is 16.7 Å². The van der Waals surface area contributed by atoms with E-state index < -0.39 is 0 Å². The highest BCUT2D eigenvalue weighted by atomic mass is 15.3. The molecule has 1 aromatic carbocycles. The lowest BCUT2D eigenvalue weighted by molar-refractivity contribution is 0.153. The fraction of sp³-hybridized carbons (Fsp3) is 0.455. The van der Waals surface area contributed by atoms with Crippen LogP contribution in [0.5, 0.6) is 0 Å². The molecule has 1 aliphatic rings. The second-order valence-corrected chi connectivity index (χ2v) is 7.72. The first-order chi connectivity index (χ1) is 13.2. The Bertz CT molecular complexity index is 897. The Labute approximate surface area is 161 Å². The average Bonchev–Trinajstić information content (AvgIpc) is 3.12. The molecule has 142 valence electrons. The molecule has 0 bridgehead atoms. The normalized spacial score (nSPS) is 18.4. The molecule has 4 rings (SSSR count). The lowest BCUT2D eigenvalue weighted by Gasteiger charge is -2.36. The van der Waals surface area contributed by atoms with E-state index in [4.69, 9.17) is 4.98 Å². The summed E-state index contributed by atoms with van der Waals surface area (Å²) in [6, 6.07) is 12.1. The fourth-order valence-electron chi connectivity index (χ4n) is 3.92. The van der Waals surface area contributed by atoms with Crippen LogP contribution in [0.3, 0.4) is 0 Å². The standard InChI is InChI=1S/C22H29N5/c1-4-17-5-7-19(8-6-17)21-14-23-9-10-26(21)15-18-11-20-13-25-27(16(2)3)22(20)24-12-18/h5-8,11-13,16,21,23H,4,9-10,14-15H2,1-3H3. The Hall–Kier alpha value is -2.24. The van der Waals surface area contributed by atoms with Gasteiger partial charge >= 0.3 is 0 Å². The van der Waals surface area contributed by atoms with Crippen molar-refractivity contribution in [2.75, 3.05) is 19.6 Å². The summed E-state index contributed by atoms with van der Waals surface area (Å²) in [4.78, 5) is 7.27. The maximum Gasteiger partial charge on any atom is 0.157 e. The lowest BCUT2D eigenvalue weighted by atomic mass is 10.0. The summed E-state index contributed by atoms with van der Waals surface area (Å²) in [5.41, 5.74) is 5.01. The minimum Gasteiger partial charge on any atom is -0.314 e. The number of piperazine rings is 1. The third kappa shape index (κ3) is 3.75. The number of hydrogen-bond donors (Lipinski definition) is 1. The predicted octanol–water partition coefficient (Wildman–Crippen LogP) is 3.72. The number of nitrogens with one attached hydrogen (secondary N) is 1. The molecule has 1 aliphatic heterocycles. The number of pyridine rings is 1. The molecule has 2 aromatic heterocycles. The monoisotopic (exact) mass is 363 g/mol. The van der Waals surface area contributed by atoms with Gasteiger partial charge in [0.15, 0.2) is 5.65 Å². The zero-order chi connectivity index (χ0) is 18.8. The summed E-state index contributed by atoms with van der Waals surface area (Å²) in [5.74, 6) is 0. The van der Waals surface area contributed by atoms with E-state index in [1.54, 1.807) is 0 Å². The van der Waals surface area contributed by atoms with Crippen LogP contribution in [0.15, 0.2) is 42.7 Å². The van der Waals surface area contributed by atoms with E-state index in [9.17, 15) is 0 Å². The van der Waals surface area contributed by atoms with Crippen LogP contribution in [0.4, 0.5) is 0 Å². The van der Waals surface area contributed by atoms with Gasteiger partial charge in [0, 0.05) is 49.8 Å². The highest BCUT2D eigenvalue weighted by molar-refractivity contribution is 5.75. The van der Waals surface area contributed by atoms with Crippen LogP contribution in [0, 0.1) is 0 Å². The molecule has 0 amide bonds. The highest BCUT2D eigenvalue weighted by Crippen LogP contribution is 2.25. The molecular weight excluding hydrogens is 334 g/mol. The van der Waals surface area contributed by atoms with Crippen molar-refractivity contribution < 1.29 is 0 Å². The smallest absolute Gasteiger partial charge is 0.157 e. The molecule has 5 heteroatoms. The molecule has 1 N–H and O–H groups in total. The summed E-state index contributed by atoms with van der Waals surface area (Å²) in [5, 5.41) is 9.17. The number of benzene rings is 1. The van der Waals surface area contributed by atoms with Gasteiger partial charge in [-0.15, -0.1) is 0 Å². The Kier molecular flexibility index (Phi) is 5.23. The Balaban J connectivity index is 1.56. The maximum absolute atomic E-state index is 4.71. The van der Waals surface area contributed by atoms with Gasteiger partial charge in [0.2, 0.25) is 0 Å². The topological polar surface area (TPSA) is 46.0 Å². The molecule has 1 fully saturated rings. The molecule has 0 aliphatic carbocycles. The first-order valence-corrected chi connectivity index (χ1v) is 10.0. The Morgan fingerprint density at radius 3 is 2.70 bits per heavy atom. The number of fused-ring (bicyclic) bond motifs is 1. The first kappa shape index (κ1) is 18.1. The second-order valence-electron chi connectivity index (χ2n) is 7.72. The Morgan fingerprint density at radius 1 is 1.15 bits per heavy atom. The number of aryl methyl sites for hydroxylation is 1. The van der Waals surface area contributed by atoms with Gasteiger partial charge in [0.1, 0.15) is 0 Å². The molecule has 1 unspecified atom stereocenters. The van der Waals surface area contributed by atoms with Gasteiger partial charge in [-0.25, -0.2) is 9.67 Å². The quantitative estimate of drug-likeness (QED) is 0.750. The van der Waals surface area contributed by atoms with Crippen molar-refractivity contribution in [3.63, 3.8) is 0 Å². The summed E-state index contributed by atoms with van der Waals surface area (Å²) in [6.45, 7) is 10.5. The summed E-state index contributed by atoms with van der Waals surface area (Å²) < 4.78 is 1.99. The van der Waals surface area contributed by atoms with Gasteiger partial charge in [-0.05, 0) is 43.0 Å². The van der Waals surface area contributed by atoms with Gasteiger partial charge < -0.3 is 5.32 Å². The summed E-state index contributed by atoms with van der Waals surface area (Å²) in [7, 11) is 0. The molecule has 0 radical (unpaired) electrons. The van der Waals surface area contributed by atoms with E-state index >= 15 is 0 Å². The molecule has 0 saturated carbocycles. The van der Waals surface area contributed by atoms with E-state index in [1.807, 2.05) is 17.1 Å². The van der Waals surface area contributed by atoms with Gasteiger partial charge in [-0.3, -0.25) is 4.90 Å². The highest BCUT2D eigenvalue weighted by Gasteiger charge is 2.24. The van der Waals surface area contributed by atoms with E-state index in [0.29, 0.717) is 12.1 Å². The third-order valence-electron chi connectivity index (χ3n) is 5.49. The average molecular weight is 364 g/mol. The van der Waals surface area contributed by atoms with Crippen LogP contribution in [-0.4, -0.2) is 39.3 Å². The number of aromatic nitrogens is 3. The lowest BCUT2D eigenvalue weighted by Crippen LogP contribution is -2.45. The van der Waals surface area contributed by atoms with Gasteiger partial charge in [-0.2, -0.15) is 5.10 Å². The van der Waals surface area contributed by atoms with E-state index in [0.717, 1.165) is 43.6 Å². The van der Waals surface area contributed by atoms with Crippen LogP contribution < -0.4 is 5.32 Å². The summed E-state index contributed by atoms with van der Waals surface area (Å²) in [6.07, 6.45) is 5.04. The second kappa shape index (κ2) is 7.79. The molecule has 0 spiro atoms. The zero-order valence-corrected chi connectivity index (χ0v) is 16.5. The van der Waals surface area contributed by atoms with Crippen molar-refractivity contribution in [2.24, 2.45) is 0 Å². The van der Waals surface area contributed by atoms with Crippen LogP contribution in [-0.2, 0) is 13.0 Å². The van der Waals surface area contributed by atoms with Crippen molar-refractivity contribution >= 4 is 11.0 Å². The van der Waals surface area contributed by atoms with Crippen molar-refractivity contribution in [3.8, 4) is 0 Å². The van der Waals surface area contributed by atoms with Gasteiger partial charge in [-0.1, -0.05) is 31.2 Å². The Morgan fingerprint density at radius 2 is 1.96 bits per heavy atom. The van der Waals surface area contributed by atoms with Crippen LogP contribution in [0.1, 0.15) is 49.5 Å². The van der Waals surface area contributed by atoms with Crippen LogP contribution in [0.2, 0.25) is 0 Å². The van der Waals surface area contributed by atoms with Gasteiger partial charge in [0.05, 0.1) is 6.20 Å². The van der Waals surface area contributed by atoms with Crippen LogP contribution in [0.25, 0.3) is 11.0 Å². The third-order valence-corrected chi connectivity index (χ3v) is 5.49. The minimum atomic E-state index is 0.324. The van der Waals surface area contributed by atoms with E-state index in [-0.39, 0.29) is 0 Å². The van der Waals surface area contributed by atoms with Crippen molar-refractivity contribution in [1.82, 2.24) is 25.0 Å². The largest absolute Gasteiger partial charge is 0.314 e. The summed E-state index contributed by atoms with van der Waals surface area (Å²) >= 11 is 0. The van der Waals surface area contributed by atoms with E-state index in [2.05, 4.69) is 66.4 Å². The van der Waals surface area contributed by atoms with Crippen molar-refractivity contribution in [3.05, 3.63) is 59.4 Å². The molecule has 3 aromatic rings. The maximum atomic E-state index is 4.71. The van der Waals surface area contributed by atoms with Crippen molar-refractivity contribution in [2.45, 2.75) is 45.8 Å². The zero-order valence-electron chi connectivity index (χ0n) is 16.5. The fourth-order valence-corrected chi connectivity index (χ4v) is 3.92. The molecular formula is C22H29N5. The van der Waals surface area contributed by atoms with Crippen LogP contribution >= 0.6 is 0 Å². The minimum absolute atomic E-state index is 0.324. The molecule has 27 heavy (non-hydrogen) atoms. The molecule has 5 nitrogen and oxygen atoms in total. The number of hydrogen-bond acceptors (Lipinski definition) is 4.